The summed E-state index contributed by atoms with van der Waals surface area (Å²) < 4.78 is 39.8. The Morgan fingerprint density at radius 3 is 2.56 bits per heavy atom. The number of hydrogen-bond acceptors (Lipinski definition) is 6. The van der Waals surface area contributed by atoms with E-state index in [1.165, 1.54) is 11.6 Å². The average Bonchev–Trinajstić information content (AvgIpc) is 2.77. The van der Waals surface area contributed by atoms with Crippen LogP contribution < -0.4 is 16.8 Å². The van der Waals surface area contributed by atoms with Crippen molar-refractivity contribution in [3.05, 3.63) is 70.7 Å². The monoisotopic (exact) mass is 470 g/mol. The van der Waals surface area contributed by atoms with Gasteiger partial charge >= 0.3 is 6.18 Å². The number of fused-ring (bicyclic) bond motifs is 1. The number of nitrogen functional groups attached to an aromatic ring is 1. The van der Waals surface area contributed by atoms with Crippen molar-refractivity contribution in [2.75, 3.05) is 24.1 Å². The predicted octanol–water partition coefficient (Wildman–Crippen LogP) is 5.24. The zero-order valence-electron chi connectivity index (χ0n) is 19.4. The van der Waals surface area contributed by atoms with Crippen LogP contribution in [0.4, 0.5) is 24.7 Å². The number of nitrogens with two attached hydrogens (primary N) is 2. The predicted molar refractivity (Wildman–Crippen MR) is 129 cm³/mol. The normalized spacial score (nSPS) is 17.3. The molecule has 1 aliphatic heterocycles. The van der Waals surface area contributed by atoms with E-state index >= 15 is 0 Å². The maximum Gasteiger partial charge on any atom is 0.416 e. The fourth-order valence-corrected chi connectivity index (χ4v) is 4.40. The molecule has 1 aliphatic rings. The molecule has 0 aliphatic carbocycles. The molecule has 9 heteroatoms. The highest BCUT2D eigenvalue weighted by molar-refractivity contribution is 5.90. The molecule has 0 amide bonds. The number of hydrogen-bond donors (Lipinski definition) is 3. The number of nitrogens with one attached hydrogen (secondary N) is 1. The van der Waals surface area contributed by atoms with Crippen LogP contribution in [0.2, 0.25) is 0 Å². The molecule has 2 unspecified atom stereocenters. The van der Waals surface area contributed by atoms with Crippen LogP contribution >= 0.6 is 0 Å². The van der Waals surface area contributed by atoms with E-state index in [0.29, 0.717) is 11.6 Å². The van der Waals surface area contributed by atoms with Gasteiger partial charge in [-0.05, 0) is 80.4 Å². The largest absolute Gasteiger partial charge is 0.416 e. The average molecular weight is 471 g/mol. The first-order valence-corrected chi connectivity index (χ1v) is 11.3. The second kappa shape index (κ2) is 9.13. The Morgan fingerprint density at radius 1 is 1.15 bits per heavy atom. The molecule has 0 spiro atoms. The van der Waals surface area contributed by atoms with E-state index in [2.05, 4.69) is 52.4 Å². The lowest BCUT2D eigenvalue weighted by Crippen LogP contribution is -2.24. The number of aromatic nitrogens is 2. The highest BCUT2D eigenvalue weighted by Crippen LogP contribution is 2.35. The van der Waals surface area contributed by atoms with Crippen LogP contribution in [-0.4, -0.2) is 28.0 Å². The summed E-state index contributed by atoms with van der Waals surface area (Å²) in [5, 5.41) is 3.86. The van der Waals surface area contributed by atoms with Crippen molar-refractivity contribution in [1.82, 2.24) is 14.9 Å². The highest BCUT2D eigenvalue weighted by atomic mass is 19.4. The van der Waals surface area contributed by atoms with Crippen molar-refractivity contribution in [2.24, 2.45) is 5.73 Å². The summed E-state index contributed by atoms with van der Waals surface area (Å²) >= 11 is 0. The molecule has 2 heterocycles. The van der Waals surface area contributed by atoms with Gasteiger partial charge in [-0.2, -0.15) is 13.2 Å². The van der Waals surface area contributed by atoms with Gasteiger partial charge in [0.2, 0.25) is 0 Å². The molecule has 0 radical (unpaired) electrons. The second-order valence-electron chi connectivity index (χ2n) is 8.72. The molecule has 0 fully saturated rings. The quantitative estimate of drug-likeness (QED) is 0.349. The van der Waals surface area contributed by atoms with E-state index < -0.39 is 17.9 Å². The number of alkyl halides is 3. The van der Waals surface area contributed by atoms with Crippen molar-refractivity contribution in [3.8, 4) is 0 Å². The fraction of sp³-hybridized carbons (Fsp3) is 0.360. The van der Waals surface area contributed by atoms with Gasteiger partial charge in [-0.3, -0.25) is 0 Å². The van der Waals surface area contributed by atoms with Gasteiger partial charge in [0.25, 0.3) is 0 Å². The molecule has 0 bridgehead atoms. The summed E-state index contributed by atoms with van der Waals surface area (Å²) in [6.07, 6.45) is -0.124. The maximum atomic E-state index is 13.3. The Kier molecular flexibility index (Phi) is 6.40. The Bertz CT molecular complexity index is 1240. The fourth-order valence-electron chi connectivity index (χ4n) is 4.40. The summed E-state index contributed by atoms with van der Waals surface area (Å²) in [5.74, 6) is 1.27. The van der Waals surface area contributed by atoms with Crippen LogP contribution in [0.1, 0.15) is 53.5 Å². The second-order valence-corrected chi connectivity index (χ2v) is 8.72. The lowest BCUT2D eigenvalue weighted by Gasteiger charge is -2.28. The molecule has 2 atom stereocenters. The first kappa shape index (κ1) is 23.8. The van der Waals surface area contributed by atoms with Gasteiger partial charge in [-0.1, -0.05) is 6.08 Å². The molecular weight excluding hydrogens is 441 g/mol. The number of rotatable bonds is 5. The van der Waals surface area contributed by atoms with Gasteiger partial charge in [-0.25, -0.2) is 9.97 Å². The lowest BCUT2D eigenvalue weighted by atomic mass is 9.89. The smallest absolute Gasteiger partial charge is 0.399 e. The minimum absolute atomic E-state index is 0.00563. The first-order chi connectivity index (χ1) is 16.0. The van der Waals surface area contributed by atoms with E-state index in [1.54, 1.807) is 6.92 Å². The molecule has 34 heavy (non-hydrogen) atoms. The van der Waals surface area contributed by atoms with E-state index in [-0.39, 0.29) is 17.2 Å². The Hall–Kier alpha value is -3.33. The Balaban J connectivity index is 1.72. The third-order valence-corrected chi connectivity index (χ3v) is 6.21. The number of aryl methyl sites for hydroxylation is 2. The van der Waals surface area contributed by atoms with Crippen LogP contribution in [-0.2, 0) is 6.18 Å². The van der Waals surface area contributed by atoms with Crippen LogP contribution in [0.3, 0.4) is 0 Å². The van der Waals surface area contributed by atoms with Crippen LogP contribution in [0.5, 0.6) is 0 Å². The molecule has 6 nitrogen and oxygen atoms in total. The summed E-state index contributed by atoms with van der Waals surface area (Å²) in [4.78, 5) is 11.4. The minimum atomic E-state index is -4.52. The zero-order chi connectivity index (χ0) is 24.6. The maximum absolute atomic E-state index is 13.3. The van der Waals surface area contributed by atoms with Gasteiger partial charge in [0.1, 0.15) is 17.8 Å². The van der Waals surface area contributed by atoms with E-state index in [0.717, 1.165) is 48.1 Å². The standard InChI is InChI=1S/C25H29F3N6/c1-4-34-7-5-16(6-8-34)20-13-21-22(9-14(20)2)31-15(3)32-24(21)33-23(30)17-10-18(25(26,27)28)12-19(29)11-17/h5,7,9-13,16,23H,4,6,8,29-30H2,1-3H3,(H,31,32,33). The third-order valence-electron chi connectivity index (χ3n) is 6.21. The summed E-state index contributed by atoms with van der Waals surface area (Å²) in [6.45, 7) is 7.91. The minimum Gasteiger partial charge on any atom is -0.399 e. The molecule has 0 saturated carbocycles. The van der Waals surface area contributed by atoms with Crippen LogP contribution in [0, 0.1) is 13.8 Å². The first-order valence-electron chi connectivity index (χ1n) is 11.3. The Morgan fingerprint density at radius 2 is 1.91 bits per heavy atom. The van der Waals surface area contributed by atoms with E-state index in [9.17, 15) is 13.2 Å². The van der Waals surface area contributed by atoms with Gasteiger partial charge in [-0.15, -0.1) is 0 Å². The van der Waals surface area contributed by atoms with Crippen LogP contribution in [0.15, 0.2) is 42.6 Å². The van der Waals surface area contributed by atoms with Crippen molar-refractivity contribution in [1.29, 1.82) is 0 Å². The summed E-state index contributed by atoms with van der Waals surface area (Å²) in [7, 11) is 0. The molecule has 5 N–H and O–H groups in total. The number of benzene rings is 2. The topological polar surface area (TPSA) is 93.1 Å². The molecule has 4 rings (SSSR count). The zero-order valence-corrected chi connectivity index (χ0v) is 19.4. The van der Waals surface area contributed by atoms with E-state index in [4.69, 9.17) is 11.5 Å². The van der Waals surface area contributed by atoms with Crippen molar-refractivity contribution in [3.63, 3.8) is 0 Å². The lowest BCUT2D eigenvalue weighted by molar-refractivity contribution is -0.137. The van der Waals surface area contributed by atoms with Crippen molar-refractivity contribution < 1.29 is 13.2 Å². The highest BCUT2D eigenvalue weighted by Gasteiger charge is 2.31. The van der Waals surface area contributed by atoms with Gasteiger partial charge in [0.15, 0.2) is 0 Å². The number of allylic oxidation sites excluding steroid dienone is 1. The summed E-state index contributed by atoms with van der Waals surface area (Å²) in [6, 6.07) is 7.43. The molecular formula is C25H29F3N6. The van der Waals surface area contributed by atoms with Gasteiger partial charge in [0, 0.05) is 30.1 Å². The molecule has 3 aromatic rings. The number of halogens is 3. The van der Waals surface area contributed by atoms with Crippen LogP contribution in [0.25, 0.3) is 10.9 Å². The SMILES string of the molecule is CCN1C=CC(c2cc3c(NC(N)c4cc(N)cc(C(F)(F)F)c4)nc(C)nc3cc2C)CC1. The van der Waals surface area contributed by atoms with Crippen molar-refractivity contribution >= 4 is 22.4 Å². The molecule has 1 aromatic heterocycles. The molecule has 2 aromatic carbocycles. The van der Waals surface area contributed by atoms with Gasteiger partial charge in [0.05, 0.1) is 11.1 Å². The van der Waals surface area contributed by atoms with E-state index in [1.807, 2.05) is 6.07 Å². The number of nitrogens with zero attached hydrogens (tertiary/aromatic N) is 3. The molecule has 0 saturated heterocycles. The third kappa shape index (κ3) is 4.94. The Labute approximate surface area is 196 Å². The molecule has 180 valence electrons. The van der Waals surface area contributed by atoms with Gasteiger partial charge < -0.3 is 21.7 Å². The van der Waals surface area contributed by atoms with Crippen molar-refractivity contribution in [2.45, 2.75) is 45.5 Å². The summed E-state index contributed by atoms with van der Waals surface area (Å²) in [5.41, 5.74) is 14.4. The number of anilines is 2.